The van der Waals surface area contributed by atoms with Gasteiger partial charge >= 0.3 is 5.69 Å². The van der Waals surface area contributed by atoms with Gasteiger partial charge in [0.1, 0.15) is 12.4 Å². The van der Waals surface area contributed by atoms with Crippen molar-refractivity contribution in [1.29, 1.82) is 0 Å². The van der Waals surface area contributed by atoms with Crippen LogP contribution in [0.4, 0.5) is 4.39 Å². The zero-order chi connectivity index (χ0) is 17.0. The van der Waals surface area contributed by atoms with Crippen LogP contribution < -0.4 is 16.0 Å². The first-order valence-electron chi connectivity index (χ1n) is 6.52. The maximum atomic E-state index is 13.3. The lowest BCUT2D eigenvalue weighted by atomic mass is 10.2. The van der Waals surface area contributed by atoms with Gasteiger partial charge < -0.3 is 14.6 Å². The summed E-state index contributed by atoms with van der Waals surface area (Å²) in [6.45, 7) is -0.365. The van der Waals surface area contributed by atoms with E-state index in [9.17, 15) is 19.1 Å². The van der Waals surface area contributed by atoms with Gasteiger partial charge in [-0.15, -0.1) is 0 Å². The normalized spacial score (nSPS) is 12.2. The molecule has 1 aromatic carbocycles. The van der Waals surface area contributed by atoms with Gasteiger partial charge in [0.2, 0.25) is 5.82 Å². The second kappa shape index (κ2) is 7.53. The Morgan fingerprint density at radius 3 is 2.83 bits per heavy atom. The molecule has 0 aliphatic heterocycles. The highest BCUT2D eigenvalue weighted by Crippen LogP contribution is 2.24. The number of ether oxygens (including phenoxy) is 2. The molecule has 0 aliphatic rings. The van der Waals surface area contributed by atoms with Crippen molar-refractivity contribution in [2.75, 3.05) is 13.7 Å². The molecule has 0 fully saturated rings. The van der Waals surface area contributed by atoms with E-state index >= 15 is 0 Å². The summed E-state index contributed by atoms with van der Waals surface area (Å²) in [6.07, 6.45) is -0.197. The Morgan fingerprint density at radius 1 is 1.43 bits per heavy atom. The van der Waals surface area contributed by atoms with E-state index in [4.69, 9.17) is 9.47 Å². The van der Waals surface area contributed by atoms with Crippen molar-refractivity contribution in [2.45, 2.75) is 12.8 Å². The van der Waals surface area contributed by atoms with E-state index < -0.39 is 23.3 Å². The number of benzene rings is 1. The molecule has 1 unspecified atom stereocenters. The van der Waals surface area contributed by atoms with Gasteiger partial charge in [-0.05, 0) is 18.2 Å². The van der Waals surface area contributed by atoms with E-state index in [0.717, 1.165) is 15.2 Å². The number of aromatic nitrogens is 2. The van der Waals surface area contributed by atoms with Gasteiger partial charge in [-0.3, -0.25) is 14.3 Å². The molecule has 0 saturated heterocycles. The molecule has 23 heavy (non-hydrogen) atoms. The van der Waals surface area contributed by atoms with Crippen molar-refractivity contribution in [3.63, 3.8) is 0 Å². The third-order valence-electron chi connectivity index (χ3n) is 3.08. The molecule has 0 amide bonds. The number of halogens is 2. The highest BCUT2D eigenvalue weighted by molar-refractivity contribution is 9.10. The number of aliphatic hydroxyl groups is 1. The van der Waals surface area contributed by atoms with Gasteiger partial charge in [0.25, 0.3) is 5.56 Å². The minimum absolute atomic E-state index is 0.128. The summed E-state index contributed by atoms with van der Waals surface area (Å²) in [7, 11) is 1.32. The van der Waals surface area contributed by atoms with Crippen LogP contribution >= 0.6 is 15.9 Å². The van der Waals surface area contributed by atoms with Gasteiger partial charge in [0, 0.05) is 17.1 Å². The van der Waals surface area contributed by atoms with Gasteiger partial charge in [-0.2, -0.15) is 4.39 Å². The van der Waals surface area contributed by atoms with Crippen molar-refractivity contribution >= 4 is 15.9 Å². The first-order chi connectivity index (χ1) is 11.0. The van der Waals surface area contributed by atoms with Gasteiger partial charge in [-0.25, -0.2) is 4.79 Å². The monoisotopic (exact) mass is 388 g/mol. The first kappa shape index (κ1) is 17.4. The Bertz CT molecular complexity index is 804. The van der Waals surface area contributed by atoms with Gasteiger partial charge in [0.15, 0.2) is 6.23 Å². The quantitative estimate of drug-likeness (QED) is 0.774. The fourth-order valence-corrected chi connectivity index (χ4v) is 2.32. The number of aromatic amines is 1. The summed E-state index contributed by atoms with van der Waals surface area (Å²) in [4.78, 5) is 24.6. The maximum absolute atomic E-state index is 13.3. The van der Waals surface area contributed by atoms with Crippen LogP contribution in [0, 0.1) is 5.82 Å². The van der Waals surface area contributed by atoms with Crippen LogP contribution in [-0.2, 0) is 11.3 Å². The summed E-state index contributed by atoms with van der Waals surface area (Å²) >= 11 is 3.28. The molecule has 1 aromatic heterocycles. The van der Waals surface area contributed by atoms with Gasteiger partial charge in [0.05, 0.1) is 12.8 Å². The van der Waals surface area contributed by atoms with Crippen molar-refractivity contribution < 1.29 is 19.0 Å². The van der Waals surface area contributed by atoms with E-state index in [2.05, 4.69) is 15.9 Å². The van der Waals surface area contributed by atoms with Crippen molar-refractivity contribution in [3.05, 3.63) is 61.1 Å². The van der Waals surface area contributed by atoms with Crippen LogP contribution in [0.25, 0.3) is 0 Å². The van der Waals surface area contributed by atoms with Crippen molar-refractivity contribution in [1.82, 2.24) is 9.55 Å². The van der Waals surface area contributed by atoms with Crippen LogP contribution in [0.3, 0.4) is 0 Å². The second-order valence-electron chi connectivity index (χ2n) is 4.56. The Labute approximate surface area is 138 Å². The third-order valence-corrected chi connectivity index (χ3v) is 3.57. The van der Waals surface area contributed by atoms with Crippen LogP contribution in [0.15, 0.2) is 38.5 Å². The Hall–Kier alpha value is -1.97. The lowest BCUT2D eigenvalue weighted by molar-refractivity contribution is 0.000899. The molecule has 1 atom stereocenters. The van der Waals surface area contributed by atoms with Crippen molar-refractivity contribution in [2.24, 2.45) is 0 Å². The number of hydrogen-bond acceptors (Lipinski definition) is 5. The van der Waals surface area contributed by atoms with E-state index in [-0.39, 0.29) is 13.2 Å². The zero-order valence-electron chi connectivity index (χ0n) is 12.1. The number of nitrogens with one attached hydrogen (secondary N) is 1. The molecule has 2 aromatic rings. The average molecular weight is 389 g/mol. The van der Waals surface area contributed by atoms with E-state index in [1.54, 1.807) is 18.2 Å². The van der Waals surface area contributed by atoms with E-state index in [0.29, 0.717) is 11.3 Å². The van der Waals surface area contributed by atoms with E-state index in [1.165, 1.54) is 7.11 Å². The van der Waals surface area contributed by atoms with Crippen molar-refractivity contribution in [3.8, 4) is 5.75 Å². The topological polar surface area (TPSA) is 93.5 Å². The molecule has 2 rings (SSSR count). The standard InChI is InChI=1S/C14H14BrFN2O5/c1-22-12(18-5-10(16)13(20)17-14(18)21)7-23-11-3-2-9(15)4-8(11)6-19/h2-5,12,19H,6-7H2,1H3,(H,17,20,21). The number of aliphatic hydroxyl groups excluding tert-OH is 1. The fraction of sp³-hybridized carbons (Fsp3) is 0.286. The van der Waals surface area contributed by atoms with E-state index in [1.807, 2.05) is 4.98 Å². The number of nitrogens with zero attached hydrogens (tertiary/aromatic N) is 1. The number of hydrogen-bond donors (Lipinski definition) is 2. The summed E-state index contributed by atoms with van der Waals surface area (Å²) in [5.74, 6) is -0.706. The van der Waals surface area contributed by atoms with Gasteiger partial charge in [-0.1, -0.05) is 15.9 Å². The Balaban J connectivity index is 2.23. The zero-order valence-corrected chi connectivity index (χ0v) is 13.7. The molecular formula is C14H14BrFN2O5. The Morgan fingerprint density at radius 2 is 2.17 bits per heavy atom. The SMILES string of the molecule is COC(COc1ccc(Br)cc1CO)n1cc(F)c(=O)[nH]c1=O. The lowest BCUT2D eigenvalue weighted by Crippen LogP contribution is -2.36. The molecule has 7 nitrogen and oxygen atoms in total. The maximum Gasteiger partial charge on any atom is 0.330 e. The summed E-state index contributed by atoms with van der Waals surface area (Å²) in [5.41, 5.74) is -1.38. The number of H-pyrrole nitrogens is 1. The molecule has 124 valence electrons. The molecule has 0 bridgehead atoms. The van der Waals surface area contributed by atoms with Crippen LogP contribution in [0.2, 0.25) is 0 Å². The summed E-state index contributed by atoms with van der Waals surface area (Å²) in [6, 6.07) is 5.05. The summed E-state index contributed by atoms with van der Waals surface area (Å²) in [5, 5.41) is 9.32. The highest BCUT2D eigenvalue weighted by Gasteiger charge is 2.16. The molecule has 1 heterocycles. The average Bonchev–Trinajstić information content (AvgIpc) is 2.53. The largest absolute Gasteiger partial charge is 0.488 e. The van der Waals surface area contributed by atoms with Crippen LogP contribution in [0.5, 0.6) is 5.75 Å². The molecule has 0 spiro atoms. The smallest absolute Gasteiger partial charge is 0.330 e. The summed E-state index contributed by atoms with van der Waals surface area (Å²) < 4.78 is 25.6. The predicted molar refractivity (Wildman–Crippen MR) is 82.9 cm³/mol. The minimum Gasteiger partial charge on any atom is -0.488 e. The molecule has 9 heteroatoms. The third kappa shape index (κ3) is 4.06. The molecule has 0 aliphatic carbocycles. The van der Waals surface area contributed by atoms with Crippen LogP contribution in [0.1, 0.15) is 11.8 Å². The molecule has 0 saturated carbocycles. The second-order valence-corrected chi connectivity index (χ2v) is 5.47. The molecule has 0 radical (unpaired) electrons. The minimum atomic E-state index is -1.11. The molecular weight excluding hydrogens is 375 g/mol. The number of rotatable bonds is 6. The lowest BCUT2D eigenvalue weighted by Gasteiger charge is -2.19. The Kier molecular flexibility index (Phi) is 5.69. The highest BCUT2D eigenvalue weighted by atomic mass is 79.9. The predicted octanol–water partition coefficient (Wildman–Crippen LogP) is 1.15. The number of methoxy groups -OCH3 is 1. The fourth-order valence-electron chi connectivity index (χ4n) is 1.91. The molecule has 2 N–H and O–H groups in total. The first-order valence-corrected chi connectivity index (χ1v) is 7.31. The van der Waals surface area contributed by atoms with Crippen LogP contribution in [-0.4, -0.2) is 28.4 Å².